The van der Waals surface area contributed by atoms with Crippen LogP contribution in [0.4, 0.5) is 0 Å². The number of carbonyl (C=O) groups is 5. The van der Waals surface area contributed by atoms with Gasteiger partial charge in [-0.2, -0.15) is 0 Å². The molecule has 0 spiro atoms. The maximum absolute atomic E-state index is 15.0. The Hall–Kier alpha value is -3.69. The van der Waals surface area contributed by atoms with E-state index in [1.165, 1.54) is 20.3 Å². The number of hydrogen-bond donors (Lipinski definition) is 0. The Morgan fingerprint density at radius 2 is 1.80 bits per heavy atom. The van der Waals surface area contributed by atoms with Crippen LogP contribution in [0.1, 0.15) is 85.8 Å². The third-order valence-electron chi connectivity index (χ3n) is 11.2. The van der Waals surface area contributed by atoms with E-state index in [0.717, 1.165) is 11.1 Å². The molecule has 2 heterocycles. The standard InChI is InChI=1S/C34H42O10/c1-9-18(2)28(38)43-30-31(4,5)24(15-25(36)40-8)33(7)22-10-12-32(6)23(14-26(37)42-27(32)20-11-13-41-17-20)21(22)16-34(30,29(33)39)44-19(3)35/h9,11,13,16-17,22-24,27,30H,10,12,14-15H2,1-8H3/b18-9-/t22-,23-,24-,27-,30-,32+,33+,34-/m0/s1. The fourth-order valence-corrected chi connectivity index (χ4v) is 8.93. The van der Waals surface area contributed by atoms with E-state index in [9.17, 15) is 19.2 Å². The van der Waals surface area contributed by atoms with Crippen LogP contribution in [0.2, 0.25) is 0 Å². The van der Waals surface area contributed by atoms with Gasteiger partial charge in [-0.05, 0) is 56.6 Å². The average molecular weight is 611 g/mol. The molecule has 3 fully saturated rings. The summed E-state index contributed by atoms with van der Waals surface area (Å²) in [5, 5.41) is 0. The number of cyclic esters (lactones) is 1. The first kappa shape index (κ1) is 31.7. The molecule has 1 aromatic rings. The summed E-state index contributed by atoms with van der Waals surface area (Å²) < 4.78 is 28.6. The Morgan fingerprint density at radius 1 is 1.09 bits per heavy atom. The summed E-state index contributed by atoms with van der Waals surface area (Å²) >= 11 is 0. The molecular weight excluding hydrogens is 568 g/mol. The molecule has 0 amide bonds. The van der Waals surface area contributed by atoms with Crippen molar-refractivity contribution in [2.24, 2.45) is 34.0 Å². The number of allylic oxidation sites excluding steroid dienone is 2. The number of carbonyl (C=O) groups excluding carboxylic acids is 5. The Labute approximate surface area is 257 Å². The molecule has 1 aliphatic heterocycles. The zero-order valence-electron chi connectivity index (χ0n) is 26.7. The highest BCUT2D eigenvalue weighted by Gasteiger charge is 2.75. The van der Waals surface area contributed by atoms with Crippen LogP contribution in [0.5, 0.6) is 0 Å². The lowest BCUT2D eigenvalue weighted by Gasteiger charge is -2.66. The van der Waals surface area contributed by atoms with Gasteiger partial charge in [0.2, 0.25) is 5.60 Å². The van der Waals surface area contributed by atoms with Gasteiger partial charge in [0, 0.05) is 40.7 Å². The first-order valence-corrected chi connectivity index (χ1v) is 15.2. The molecule has 4 aliphatic rings. The van der Waals surface area contributed by atoms with Gasteiger partial charge in [-0.3, -0.25) is 19.2 Å². The fraction of sp³-hybridized carbons (Fsp3) is 0.618. The molecule has 5 rings (SSSR count). The molecule has 0 unspecified atom stereocenters. The maximum Gasteiger partial charge on any atom is 0.333 e. The molecule has 10 nitrogen and oxygen atoms in total. The summed E-state index contributed by atoms with van der Waals surface area (Å²) in [5.41, 5.74) is -3.01. The second kappa shape index (κ2) is 10.7. The zero-order valence-corrected chi connectivity index (χ0v) is 26.7. The molecule has 1 saturated heterocycles. The normalized spacial score (nSPS) is 37.5. The average Bonchev–Trinajstić information content (AvgIpc) is 3.50. The van der Waals surface area contributed by atoms with Crippen LogP contribution in [0, 0.1) is 34.0 Å². The van der Waals surface area contributed by atoms with E-state index in [2.05, 4.69) is 6.92 Å². The molecule has 0 radical (unpaired) electrons. The quantitative estimate of drug-likeness (QED) is 0.183. The van der Waals surface area contributed by atoms with E-state index in [1.807, 2.05) is 20.8 Å². The highest BCUT2D eigenvalue weighted by atomic mass is 16.6. The second-order valence-corrected chi connectivity index (χ2v) is 13.8. The summed E-state index contributed by atoms with van der Waals surface area (Å²) in [4.78, 5) is 67.3. The van der Waals surface area contributed by atoms with Crippen LogP contribution in [-0.2, 0) is 42.9 Å². The second-order valence-electron chi connectivity index (χ2n) is 13.8. The van der Waals surface area contributed by atoms with Crippen molar-refractivity contribution in [3.8, 4) is 0 Å². The van der Waals surface area contributed by atoms with Crippen LogP contribution < -0.4 is 0 Å². The van der Waals surface area contributed by atoms with Crippen molar-refractivity contribution in [1.82, 2.24) is 0 Å². The van der Waals surface area contributed by atoms with Crippen molar-refractivity contribution >= 4 is 29.7 Å². The number of Topliss-reactive ketones (excluding diaryl/α,β-unsaturated/α-hetero) is 1. The molecule has 2 bridgehead atoms. The summed E-state index contributed by atoms with van der Waals surface area (Å²) in [6.07, 6.45) is 5.61. The molecule has 8 atom stereocenters. The Balaban J connectivity index is 1.78. The minimum atomic E-state index is -1.99. The van der Waals surface area contributed by atoms with Gasteiger partial charge in [-0.1, -0.05) is 39.3 Å². The molecule has 1 aromatic heterocycles. The maximum atomic E-state index is 15.0. The molecule has 0 aromatic carbocycles. The highest BCUT2D eigenvalue weighted by Crippen LogP contribution is 2.69. The zero-order chi connectivity index (χ0) is 32.4. The SMILES string of the molecule is C/C=C(/C)C(=O)O[C@H]1C(C)(C)[C@H](CC(=O)OC)[C@]2(C)C(=O)[C@@]1(OC(C)=O)C=C1[C@@H]3CC(=O)O[C@@H](c4ccoc4)[C@]3(C)CC[C@@H]12. The minimum absolute atomic E-state index is 0.0564. The number of furan rings is 1. The van der Waals surface area contributed by atoms with Gasteiger partial charge in [0.1, 0.15) is 6.10 Å². The molecule has 10 heteroatoms. The predicted molar refractivity (Wildman–Crippen MR) is 155 cm³/mol. The van der Waals surface area contributed by atoms with Gasteiger partial charge in [-0.25, -0.2) is 4.79 Å². The first-order chi connectivity index (χ1) is 20.6. The summed E-state index contributed by atoms with van der Waals surface area (Å²) in [6, 6.07) is 1.78. The van der Waals surface area contributed by atoms with E-state index in [-0.39, 0.29) is 18.8 Å². The van der Waals surface area contributed by atoms with Crippen molar-refractivity contribution in [2.75, 3.05) is 7.11 Å². The molecule has 238 valence electrons. The first-order valence-electron chi connectivity index (χ1n) is 15.2. The number of ketones is 1. The highest BCUT2D eigenvalue weighted by molar-refractivity contribution is 6.01. The van der Waals surface area contributed by atoms with Crippen molar-refractivity contribution < 1.29 is 47.3 Å². The third kappa shape index (κ3) is 4.46. The Bertz CT molecular complexity index is 1450. The topological polar surface area (TPSA) is 135 Å². The van der Waals surface area contributed by atoms with Crippen LogP contribution in [-0.4, -0.2) is 48.5 Å². The lowest BCUT2D eigenvalue weighted by Crippen LogP contribution is -2.75. The van der Waals surface area contributed by atoms with Crippen LogP contribution in [0.25, 0.3) is 0 Å². The van der Waals surface area contributed by atoms with Crippen LogP contribution in [0.15, 0.2) is 46.3 Å². The smallest absolute Gasteiger partial charge is 0.333 e. The number of hydrogen-bond acceptors (Lipinski definition) is 10. The van der Waals surface area contributed by atoms with Crippen molar-refractivity contribution in [3.05, 3.63) is 47.5 Å². The number of esters is 4. The minimum Gasteiger partial charge on any atom is -0.472 e. The van der Waals surface area contributed by atoms with Gasteiger partial charge in [0.15, 0.2) is 11.9 Å². The summed E-state index contributed by atoms with van der Waals surface area (Å²) in [7, 11) is 1.29. The van der Waals surface area contributed by atoms with Gasteiger partial charge in [-0.15, -0.1) is 0 Å². The number of ether oxygens (including phenoxy) is 4. The van der Waals surface area contributed by atoms with Crippen molar-refractivity contribution in [2.45, 2.75) is 92.0 Å². The van der Waals surface area contributed by atoms with Gasteiger partial charge in [0.25, 0.3) is 0 Å². The largest absolute Gasteiger partial charge is 0.472 e. The predicted octanol–water partition coefficient (Wildman–Crippen LogP) is 5.21. The van der Waals surface area contributed by atoms with Crippen molar-refractivity contribution in [1.29, 1.82) is 0 Å². The molecule has 2 saturated carbocycles. The van der Waals surface area contributed by atoms with E-state index < -0.39 is 75.6 Å². The Kier molecular flexibility index (Phi) is 7.74. The van der Waals surface area contributed by atoms with Gasteiger partial charge < -0.3 is 23.4 Å². The summed E-state index contributed by atoms with van der Waals surface area (Å²) in [5.74, 6) is -4.15. The monoisotopic (exact) mass is 610 g/mol. The third-order valence-corrected chi connectivity index (χ3v) is 11.2. The van der Waals surface area contributed by atoms with E-state index >= 15 is 4.79 Å². The van der Waals surface area contributed by atoms with E-state index in [1.54, 1.807) is 38.3 Å². The number of fused-ring (bicyclic) bond motifs is 6. The number of methoxy groups -OCH3 is 1. The lowest BCUT2D eigenvalue weighted by atomic mass is 9.39. The number of rotatable bonds is 6. The van der Waals surface area contributed by atoms with Crippen LogP contribution >= 0.6 is 0 Å². The van der Waals surface area contributed by atoms with Crippen molar-refractivity contribution in [3.63, 3.8) is 0 Å². The Morgan fingerprint density at radius 3 is 2.39 bits per heavy atom. The van der Waals surface area contributed by atoms with Gasteiger partial charge >= 0.3 is 23.9 Å². The van der Waals surface area contributed by atoms with Crippen LogP contribution in [0.3, 0.4) is 0 Å². The lowest BCUT2D eigenvalue weighted by molar-refractivity contribution is -0.231. The molecular formula is C34H42O10. The molecule has 44 heavy (non-hydrogen) atoms. The summed E-state index contributed by atoms with van der Waals surface area (Å²) in [6.45, 7) is 12.1. The fourth-order valence-electron chi connectivity index (χ4n) is 8.93. The van der Waals surface area contributed by atoms with Gasteiger partial charge in [0.05, 0.1) is 26.1 Å². The van der Waals surface area contributed by atoms with E-state index in [4.69, 9.17) is 23.4 Å². The molecule has 0 N–H and O–H groups in total. The molecule has 3 aliphatic carbocycles. The van der Waals surface area contributed by atoms with E-state index in [0.29, 0.717) is 18.4 Å².